The van der Waals surface area contributed by atoms with Gasteiger partial charge in [-0.05, 0) is 54.8 Å². The van der Waals surface area contributed by atoms with Gasteiger partial charge in [-0.1, -0.05) is 52.4 Å². The Balaban J connectivity index is 1.40. The summed E-state index contributed by atoms with van der Waals surface area (Å²) in [6, 6.07) is 0. The second-order valence-electron chi connectivity index (χ2n) is 7.27. The molecule has 0 spiro atoms. The Morgan fingerprint density at radius 1 is 0.706 bits per heavy atom. The third kappa shape index (κ3) is 2.42. The van der Waals surface area contributed by atoms with E-state index in [4.69, 9.17) is 0 Å². The molecular weight excluding hydrogens is 204 g/mol. The second-order valence-corrected chi connectivity index (χ2v) is 7.27. The quantitative estimate of drug-likeness (QED) is 0.621. The fraction of sp³-hybridized carbons (Fsp3) is 1.00. The molecule has 2 atom stereocenters. The van der Waals surface area contributed by atoms with Crippen molar-refractivity contribution in [2.75, 3.05) is 0 Å². The van der Waals surface area contributed by atoms with Gasteiger partial charge in [0.25, 0.3) is 0 Å². The van der Waals surface area contributed by atoms with Crippen molar-refractivity contribution in [3.05, 3.63) is 0 Å². The van der Waals surface area contributed by atoms with E-state index in [-0.39, 0.29) is 0 Å². The Bertz CT molecular complexity index is 235. The molecule has 0 aromatic carbocycles. The average Bonchev–Trinajstić information content (AvgIpc) is 2.84. The van der Waals surface area contributed by atoms with E-state index in [9.17, 15) is 0 Å². The first-order valence-corrected chi connectivity index (χ1v) is 8.31. The topological polar surface area (TPSA) is 0 Å². The second kappa shape index (κ2) is 4.94. The number of hydrogen-bond donors (Lipinski definition) is 0. The molecule has 0 aliphatic heterocycles. The van der Waals surface area contributed by atoms with Crippen LogP contribution < -0.4 is 0 Å². The summed E-state index contributed by atoms with van der Waals surface area (Å²) < 4.78 is 0. The Kier molecular flexibility index (Phi) is 3.50. The zero-order valence-electron chi connectivity index (χ0n) is 11.8. The fourth-order valence-corrected chi connectivity index (χ4v) is 5.03. The van der Waals surface area contributed by atoms with Gasteiger partial charge in [0, 0.05) is 0 Å². The Hall–Kier alpha value is 0. The van der Waals surface area contributed by atoms with Gasteiger partial charge in [0.05, 0.1) is 0 Å². The first-order valence-electron chi connectivity index (χ1n) is 8.31. The van der Waals surface area contributed by atoms with Gasteiger partial charge in [0.2, 0.25) is 0 Å². The predicted molar refractivity (Wildman–Crippen MR) is 73.8 cm³/mol. The minimum absolute atomic E-state index is 1.08. The van der Waals surface area contributed by atoms with Crippen LogP contribution in [0.1, 0.15) is 71.6 Å². The normalized spacial score (nSPS) is 49.1. The van der Waals surface area contributed by atoms with E-state index in [1.54, 1.807) is 44.9 Å². The molecular formula is C17H30. The van der Waals surface area contributed by atoms with Crippen LogP contribution in [0.2, 0.25) is 0 Å². The summed E-state index contributed by atoms with van der Waals surface area (Å²) in [4.78, 5) is 0. The van der Waals surface area contributed by atoms with Crippen LogP contribution >= 0.6 is 0 Å². The maximum atomic E-state index is 2.39. The molecule has 0 nitrogen and oxygen atoms in total. The molecule has 0 amide bonds. The predicted octanol–water partition coefficient (Wildman–Crippen LogP) is 5.28. The molecule has 98 valence electrons. The monoisotopic (exact) mass is 234 g/mol. The van der Waals surface area contributed by atoms with E-state index in [2.05, 4.69) is 13.8 Å². The number of fused-ring (bicyclic) bond motifs is 1. The average molecular weight is 234 g/mol. The molecule has 17 heavy (non-hydrogen) atoms. The van der Waals surface area contributed by atoms with E-state index >= 15 is 0 Å². The summed E-state index contributed by atoms with van der Waals surface area (Å²) >= 11 is 0. The minimum Gasteiger partial charge on any atom is -0.0651 e. The van der Waals surface area contributed by atoms with Crippen molar-refractivity contribution in [2.45, 2.75) is 71.6 Å². The lowest BCUT2D eigenvalue weighted by Crippen LogP contribution is -2.15. The first kappa shape index (κ1) is 12.1. The molecule has 3 aliphatic carbocycles. The van der Waals surface area contributed by atoms with Crippen molar-refractivity contribution in [3.8, 4) is 0 Å². The van der Waals surface area contributed by atoms with Gasteiger partial charge in [-0.25, -0.2) is 0 Å². The summed E-state index contributed by atoms with van der Waals surface area (Å²) in [5.74, 6) is 6.86. The largest absolute Gasteiger partial charge is 0.0651 e. The fourth-order valence-electron chi connectivity index (χ4n) is 5.03. The van der Waals surface area contributed by atoms with Crippen molar-refractivity contribution < 1.29 is 0 Å². The van der Waals surface area contributed by atoms with Crippen LogP contribution in [0.4, 0.5) is 0 Å². The van der Waals surface area contributed by atoms with Gasteiger partial charge in [-0.3, -0.25) is 0 Å². The highest BCUT2D eigenvalue weighted by Gasteiger charge is 2.55. The Morgan fingerprint density at radius 2 is 1.24 bits per heavy atom. The van der Waals surface area contributed by atoms with Crippen LogP contribution in [-0.4, -0.2) is 0 Å². The zero-order chi connectivity index (χ0) is 11.8. The molecule has 2 unspecified atom stereocenters. The Morgan fingerprint density at radius 3 is 1.76 bits per heavy atom. The molecule has 0 radical (unpaired) electrons. The van der Waals surface area contributed by atoms with E-state index in [0.29, 0.717) is 0 Å². The van der Waals surface area contributed by atoms with Crippen LogP contribution in [0.25, 0.3) is 0 Å². The summed E-state index contributed by atoms with van der Waals surface area (Å²) in [6.45, 7) is 4.76. The summed E-state index contributed by atoms with van der Waals surface area (Å²) in [5.41, 5.74) is 0. The van der Waals surface area contributed by atoms with Gasteiger partial charge in [0.15, 0.2) is 0 Å². The summed E-state index contributed by atoms with van der Waals surface area (Å²) in [6.07, 6.45) is 13.9. The van der Waals surface area contributed by atoms with Gasteiger partial charge in [-0.15, -0.1) is 0 Å². The standard InChI is InChI=1S/C17H30/c1-3-12-5-7-14(8-6-12)11-17-15-9-13(4-2)10-16(15)17/h12-17H,3-11H2,1-2H3. The van der Waals surface area contributed by atoms with Crippen molar-refractivity contribution >= 4 is 0 Å². The highest BCUT2D eigenvalue weighted by molar-refractivity contribution is 5.04. The smallest absolute Gasteiger partial charge is 0.0349 e. The molecule has 3 saturated carbocycles. The molecule has 0 bridgehead atoms. The number of hydrogen-bond acceptors (Lipinski definition) is 0. The molecule has 3 fully saturated rings. The van der Waals surface area contributed by atoms with Crippen LogP contribution in [-0.2, 0) is 0 Å². The van der Waals surface area contributed by atoms with Crippen molar-refractivity contribution in [1.29, 1.82) is 0 Å². The summed E-state index contributed by atoms with van der Waals surface area (Å²) in [7, 11) is 0. The van der Waals surface area contributed by atoms with Gasteiger partial charge >= 0.3 is 0 Å². The van der Waals surface area contributed by atoms with Gasteiger partial charge < -0.3 is 0 Å². The molecule has 3 aliphatic rings. The lowest BCUT2D eigenvalue weighted by atomic mass is 9.78. The van der Waals surface area contributed by atoms with Crippen molar-refractivity contribution in [1.82, 2.24) is 0 Å². The lowest BCUT2D eigenvalue weighted by molar-refractivity contribution is 0.240. The third-order valence-corrected chi connectivity index (χ3v) is 6.45. The molecule has 3 rings (SSSR count). The molecule has 0 saturated heterocycles. The Labute approximate surface area is 108 Å². The molecule has 0 aromatic rings. The van der Waals surface area contributed by atoms with Crippen LogP contribution in [0.15, 0.2) is 0 Å². The van der Waals surface area contributed by atoms with E-state index in [1.807, 2.05) is 0 Å². The van der Waals surface area contributed by atoms with Crippen LogP contribution in [0.5, 0.6) is 0 Å². The van der Waals surface area contributed by atoms with E-state index in [0.717, 1.165) is 17.8 Å². The maximum Gasteiger partial charge on any atom is -0.0349 e. The molecule has 0 N–H and O–H groups in total. The van der Waals surface area contributed by atoms with Crippen molar-refractivity contribution in [2.24, 2.45) is 35.5 Å². The first-order chi connectivity index (χ1) is 8.31. The third-order valence-electron chi connectivity index (χ3n) is 6.45. The maximum absolute atomic E-state index is 2.39. The SMILES string of the molecule is CCC1CCC(CC2C3CC(CC)CC23)CC1. The molecule has 0 aromatic heterocycles. The highest BCUT2D eigenvalue weighted by Crippen LogP contribution is 2.62. The van der Waals surface area contributed by atoms with E-state index < -0.39 is 0 Å². The molecule has 0 heteroatoms. The van der Waals surface area contributed by atoms with Crippen LogP contribution in [0.3, 0.4) is 0 Å². The van der Waals surface area contributed by atoms with E-state index in [1.165, 1.54) is 30.6 Å². The molecule has 0 heterocycles. The summed E-state index contributed by atoms with van der Waals surface area (Å²) in [5, 5.41) is 0. The minimum atomic E-state index is 1.08. The zero-order valence-corrected chi connectivity index (χ0v) is 11.8. The van der Waals surface area contributed by atoms with Gasteiger partial charge in [0.1, 0.15) is 0 Å². The highest BCUT2D eigenvalue weighted by atomic mass is 14.6. The van der Waals surface area contributed by atoms with Crippen molar-refractivity contribution in [3.63, 3.8) is 0 Å². The van der Waals surface area contributed by atoms with Crippen LogP contribution in [0, 0.1) is 35.5 Å². The lowest BCUT2D eigenvalue weighted by Gasteiger charge is -2.28. The van der Waals surface area contributed by atoms with Gasteiger partial charge in [-0.2, -0.15) is 0 Å². The number of rotatable bonds is 4.